The number of aryl methyl sites for hydroxylation is 1. The second-order valence-corrected chi connectivity index (χ2v) is 4.94. The van der Waals surface area contributed by atoms with Crippen molar-refractivity contribution in [2.24, 2.45) is 0 Å². The van der Waals surface area contributed by atoms with E-state index < -0.39 is 11.9 Å². The Morgan fingerprint density at radius 3 is 2.85 bits per heavy atom. The van der Waals surface area contributed by atoms with Crippen molar-refractivity contribution in [3.63, 3.8) is 0 Å². The molecule has 1 aliphatic rings. The summed E-state index contributed by atoms with van der Waals surface area (Å²) in [5.74, 6) is -0.749. The van der Waals surface area contributed by atoms with Crippen molar-refractivity contribution in [1.82, 2.24) is 14.9 Å². The lowest BCUT2D eigenvalue weighted by Crippen LogP contribution is -2.44. The molecule has 1 N–H and O–H groups in total. The predicted molar refractivity (Wildman–Crippen MR) is 72.2 cm³/mol. The minimum absolute atomic E-state index is 0.231. The van der Waals surface area contributed by atoms with Gasteiger partial charge >= 0.3 is 0 Å². The van der Waals surface area contributed by atoms with Crippen LogP contribution in [-0.4, -0.2) is 21.4 Å². The van der Waals surface area contributed by atoms with Crippen molar-refractivity contribution >= 4 is 22.7 Å². The monoisotopic (exact) mass is 271 g/mol. The molecule has 1 aromatic heterocycles. The number of carbonyl (C=O) groups is 2. The van der Waals surface area contributed by atoms with Gasteiger partial charge in [-0.1, -0.05) is 11.6 Å². The minimum atomic E-state index is -0.669. The topological polar surface area (TPSA) is 81.1 Å². The second kappa shape index (κ2) is 4.56. The van der Waals surface area contributed by atoms with Gasteiger partial charge in [0.25, 0.3) is 5.56 Å². The minimum Gasteiger partial charge on any atom is -0.295 e. The lowest BCUT2D eigenvalue weighted by atomic mass is 10.1. The highest BCUT2D eigenvalue weighted by atomic mass is 16.2. The Morgan fingerprint density at radius 1 is 1.30 bits per heavy atom. The molecule has 3 rings (SSSR count). The first-order valence-corrected chi connectivity index (χ1v) is 6.37. The summed E-state index contributed by atoms with van der Waals surface area (Å²) in [4.78, 5) is 39.7. The quantitative estimate of drug-likeness (QED) is 0.773. The van der Waals surface area contributed by atoms with Gasteiger partial charge in [-0.25, -0.2) is 4.98 Å². The molecule has 6 heteroatoms. The van der Waals surface area contributed by atoms with E-state index in [0.29, 0.717) is 17.3 Å². The second-order valence-electron chi connectivity index (χ2n) is 4.94. The lowest BCUT2D eigenvalue weighted by molar-refractivity contribution is -0.135. The molecule has 0 aliphatic carbocycles. The third kappa shape index (κ3) is 1.99. The zero-order valence-corrected chi connectivity index (χ0v) is 10.9. The van der Waals surface area contributed by atoms with Crippen molar-refractivity contribution in [3.8, 4) is 0 Å². The van der Waals surface area contributed by atoms with Gasteiger partial charge in [-0.2, -0.15) is 0 Å². The highest BCUT2D eigenvalue weighted by Crippen LogP contribution is 2.17. The van der Waals surface area contributed by atoms with Crippen molar-refractivity contribution < 1.29 is 9.59 Å². The average molecular weight is 271 g/mol. The highest BCUT2D eigenvalue weighted by Gasteiger charge is 2.29. The van der Waals surface area contributed by atoms with Gasteiger partial charge in [-0.05, 0) is 25.5 Å². The van der Waals surface area contributed by atoms with Gasteiger partial charge in [0, 0.05) is 6.42 Å². The number of nitrogens with one attached hydrogen (secondary N) is 1. The van der Waals surface area contributed by atoms with E-state index in [0.717, 1.165) is 5.56 Å². The molecule has 0 radical (unpaired) electrons. The molecule has 1 saturated heterocycles. The number of piperidine rings is 1. The SMILES string of the molecule is Cc1ccc2ncn(C3CCC(=O)NC3=O)c(=O)c2c1. The predicted octanol–water partition coefficient (Wildman–Crippen LogP) is 0.683. The number of amides is 2. The molecule has 1 atom stereocenters. The number of rotatable bonds is 1. The van der Waals surface area contributed by atoms with Crippen LogP contribution in [0.4, 0.5) is 0 Å². The maximum atomic E-state index is 12.5. The summed E-state index contributed by atoms with van der Waals surface area (Å²) in [7, 11) is 0. The van der Waals surface area contributed by atoms with Gasteiger partial charge in [-0.15, -0.1) is 0 Å². The van der Waals surface area contributed by atoms with Crippen LogP contribution in [0, 0.1) is 6.92 Å². The molecule has 1 unspecified atom stereocenters. The summed E-state index contributed by atoms with van der Waals surface area (Å²) in [6, 6.07) is 4.75. The third-order valence-electron chi connectivity index (χ3n) is 3.48. The molecule has 20 heavy (non-hydrogen) atoms. The maximum Gasteiger partial charge on any atom is 0.261 e. The number of carbonyl (C=O) groups excluding carboxylic acids is 2. The van der Waals surface area contributed by atoms with Gasteiger partial charge in [-0.3, -0.25) is 24.3 Å². The van der Waals surface area contributed by atoms with E-state index in [9.17, 15) is 14.4 Å². The summed E-state index contributed by atoms with van der Waals surface area (Å²) >= 11 is 0. The molecule has 0 saturated carbocycles. The molecule has 2 amide bonds. The van der Waals surface area contributed by atoms with Crippen LogP contribution in [0.3, 0.4) is 0 Å². The number of hydrogen-bond donors (Lipinski definition) is 1. The summed E-state index contributed by atoms with van der Waals surface area (Å²) in [5.41, 5.74) is 1.30. The van der Waals surface area contributed by atoms with E-state index in [4.69, 9.17) is 0 Å². The molecule has 1 aliphatic heterocycles. The number of aromatic nitrogens is 2. The summed E-state index contributed by atoms with van der Waals surface area (Å²) in [6.45, 7) is 1.89. The number of fused-ring (bicyclic) bond motifs is 1. The van der Waals surface area contributed by atoms with Crippen LogP contribution in [-0.2, 0) is 9.59 Å². The van der Waals surface area contributed by atoms with Crippen molar-refractivity contribution in [3.05, 3.63) is 40.4 Å². The van der Waals surface area contributed by atoms with Crippen molar-refractivity contribution in [2.75, 3.05) is 0 Å². The number of imide groups is 1. The Bertz CT molecular complexity index is 779. The summed E-state index contributed by atoms with van der Waals surface area (Å²) in [6.07, 6.45) is 1.93. The maximum absolute atomic E-state index is 12.5. The molecule has 0 spiro atoms. The van der Waals surface area contributed by atoms with Crippen LogP contribution in [0.1, 0.15) is 24.4 Å². The zero-order valence-electron chi connectivity index (χ0n) is 10.9. The molecule has 1 aromatic carbocycles. The lowest BCUT2D eigenvalue weighted by Gasteiger charge is -2.22. The summed E-state index contributed by atoms with van der Waals surface area (Å²) in [5, 5.41) is 2.73. The van der Waals surface area contributed by atoms with Crippen molar-refractivity contribution in [1.29, 1.82) is 0 Å². The van der Waals surface area contributed by atoms with Gasteiger partial charge in [0.1, 0.15) is 6.04 Å². The molecule has 1 fully saturated rings. The molecular formula is C14H13N3O3. The van der Waals surface area contributed by atoms with E-state index in [-0.39, 0.29) is 17.9 Å². The molecular weight excluding hydrogens is 258 g/mol. The fourth-order valence-electron chi connectivity index (χ4n) is 2.42. The Hall–Kier alpha value is -2.50. The summed E-state index contributed by atoms with van der Waals surface area (Å²) < 4.78 is 1.31. The first-order chi connectivity index (χ1) is 9.56. The van der Waals surface area contributed by atoms with Crippen LogP contribution in [0.25, 0.3) is 10.9 Å². The molecule has 102 valence electrons. The number of benzene rings is 1. The highest BCUT2D eigenvalue weighted by molar-refractivity contribution is 5.99. The Kier molecular flexibility index (Phi) is 2.85. The van der Waals surface area contributed by atoms with E-state index in [1.807, 2.05) is 13.0 Å². The Labute approximate surface area is 114 Å². The van der Waals surface area contributed by atoms with Crippen molar-refractivity contribution in [2.45, 2.75) is 25.8 Å². The molecule has 6 nitrogen and oxygen atoms in total. The Balaban J connectivity index is 2.13. The number of nitrogens with zero attached hydrogens (tertiary/aromatic N) is 2. The first kappa shape index (κ1) is 12.5. The zero-order chi connectivity index (χ0) is 14.3. The fourth-order valence-corrected chi connectivity index (χ4v) is 2.42. The van der Waals surface area contributed by atoms with Gasteiger partial charge in [0.2, 0.25) is 11.8 Å². The van der Waals surface area contributed by atoms with Crippen LogP contribution in [0.2, 0.25) is 0 Å². The average Bonchev–Trinajstić information content (AvgIpc) is 2.41. The van der Waals surface area contributed by atoms with Crippen LogP contribution >= 0.6 is 0 Å². The van der Waals surface area contributed by atoms with Crippen LogP contribution in [0.15, 0.2) is 29.3 Å². The normalized spacial score (nSPS) is 19.1. The molecule has 0 bridgehead atoms. The first-order valence-electron chi connectivity index (χ1n) is 6.37. The van der Waals surface area contributed by atoms with Crippen LogP contribution in [0.5, 0.6) is 0 Å². The standard InChI is InChI=1S/C14H13N3O3/c1-8-2-3-10-9(6-8)14(20)17(7-15-10)11-4-5-12(18)16-13(11)19/h2-3,6-7,11H,4-5H2,1H3,(H,16,18,19). The van der Waals surface area contributed by atoms with E-state index in [1.165, 1.54) is 10.9 Å². The Morgan fingerprint density at radius 2 is 2.10 bits per heavy atom. The third-order valence-corrected chi connectivity index (χ3v) is 3.48. The van der Waals surface area contributed by atoms with Crippen LogP contribution < -0.4 is 10.9 Å². The molecule has 2 heterocycles. The van der Waals surface area contributed by atoms with Gasteiger partial charge < -0.3 is 0 Å². The van der Waals surface area contributed by atoms with E-state index in [1.54, 1.807) is 12.1 Å². The number of hydrogen-bond acceptors (Lipinski definition) is 4. The molecule has 2 aromatic rings. The smallest absolute Gasteiger partial charge is 0.261 e. The van der Waals surface area contributed by atoms with Gasteiger partial charge in [0.05, 0.1) is 17.2 Å². The fraction of sp³-hybridized carbons (Fsp3) is 0.286. The largest absolute Gasteiger partial charge is 0.295 e. The van der Waals surface area contributed by atoms with Gasteiger partial charge in [0.15, 0.2) is 0 Å². The van der Waals surface area contributed by atoms with E-state index in [2.05, 4.69) is 10.3 Å². The van der Waals surface area contributed by atoms with E-state index >= 15 is 0 Å².